The second-order valence-corrected chi connectivity index (χ2v) is 12.8. The number of amides is 1. The first-order chi connectivity index (χ1) is 22.1. The Labute approximate surface area is 277 Å². The summed E-state index contributed by atoms with van der Waals surface area (Å²) in [7, 11) is 3.43. The summed E-state index contributed by atoms with van der Waals surface area (Å²) in [6, 6.07) is 12.0. The highest BCUT2D eigenvalue weighted by molar-refractivity contribution is 6.35. The SMILES string of the molecule is CN(C)C(=O)c1cccc(CN2CCC[C@H]2CC(=O)O[C@@H](Cc2c(Cl)cncc2Cl)c2ccc(OC(F)F)c(OCC3CC3)c2)c1. The van der Waals surface area contributed by atoms with Gasteiger partial charge in [0.05, 0.1) is 23.1 Å². The summed E-state index contributed by atoms with van der Waals surface area (Å²) in [5.74, 6) is -0.0692. The minimum atomic E-state index is -3.03. The van der Waals surface area contributed by atoms with E-state index < -0.39 is 18.7 Å². The average Bonchev–Trinajstić information content (AvgIpc) is 3.76. The van der Waals surface area contributed by atoms with E-state index in [1.165, 1.54) is 23.4 Å². The summed E-state index contributed by atoms with van der Waals surface area (Å²) in [5.41, 5.74) is 2.66. The highest BCUT2D eigenvalue weighted by Gasteiger charge is 2.30. The molecule has 2 aliphatic rings. The first-order valence-corrected chi connectivity index (χ1v) is 16.1. The van der Waals surface area contributed by atoms with Crippen molar-refractivity contribution in [2.75, 3.05) is 27.2 Å². The number of carbonyl (C=O) groups is 2. The van der Waals surface area contributed by atoms with Gasteiger partial charge in [0, 0.05) is 51.1 Å². The van der Waals surface area contributed by atoms with Crippen molar-refractivity contribution in [2.45, 2.75) is 63.8 Å². The number of rotatable bonds is 14. The Morgan fingerprint density at radius 1 is 1.04 bits per heavy atom. The van der Waals surface area contributed by atoms with Gasteiger partial charge in [-0.15, -0.1) is 0 Å². The molecular formula is C34H37Cl2F2N3O5. The van der Waals surface area contributed by atoms with E-state index in [-0.39, 0.29) is 36.3 Å². The first kappa shape index (κ1) is 33.9. The van der Waals surface area contributed by atoms with Crippen molar-refractivity contribution in [3.8, 4) is 11.5 Å². The van der Waals surface area contributed by atoms with Crippen LogP contribution in [0.15, 0.2) is 54.9 Å². The minimum Gasteiger partial charge on any atom is -0.489 e. The number of carbonyl (C=O) groups excluding carboxylic acids is 2. The molecule has 0 unspecified atom stereocenters. The number of esters is 1. The topological polar surface area (TPSA) is 81.2 Å². The Kier molecular flexibility index (Phi) is 11.4. The Bertz CT molecular complexity index is 1520. The molecule has 2 aromatic carbocycles. The minimum absolute atomic E-state index is 0.0614. The molecule has 1 aromatic heterocycles. The molecule has 0 bridgehead atoms. The smallest absolute Gasteiger partial charge is 0.387 e. The number of aromatic nitrogens is 1. The van der Waals surface area contributed by atoms with Crippen LogP contribution < -0.4 is 9.47 Å². The van der Waals surface area contributed by atoms with Gasteiger partial charge in [-0.2, -0.15) is 8.78 Å². The number of hydrogen-bond acceptors (Lipinski definition) is 7. The molecule has 3 aromatic rings. The van der Waals surface area contributed by atoms with Crippen molar-refractivity contribution >= 4 is 35.1 Å². The Hall–Kier alpha value is -3.47. The zero-order valence-electron chi connectivity index (χ0n) is 25.8. The fourth-order valence-electron chi connectivity index (χ4n) is 5.60. The van der Waals surface area contributed by atoms with Gasteiger partial charge in [-0.1, -0.05) is 41.4 Å². The Morgan fingerprint density at radius 3 is 2.50 bits per heavy atom. The van der Waals surface area contributed by atoms with Gasteiger partial charge >= 0.3 is 12.6 Å². The maximum Gasteiger partial charge on any atom is 0.387 e. The Balaban J connectivity index is 1.34. The molecule has 0 spiro atoms. The van der Waals surface area contributed by atoms with E-state index in [1.54, 1.807) is 32.3 Å². The number of likely N-dealkylation sites (tertiary alicyclic amines) is 1. The van der Waals surface area contributed by atoms with Crippen LogP contribution in [0.4, 0.5) is 8.78 Å². The molecule has 0 radical (unpaired) electrons. The molecule has 1 saturated heterocycles. The third-order valence-corrected chi connectivity index (χ3v) is 8.86. The lowest BCUT2D eigenvalue weighted by Crippen LogP contribution is -2.32. The van der Waals surface area contributed by atoms with E-state index in [2.05, 4.69) is 9.88 Å². The lowest BCUT2D eigenvalue weighted by molar-refractivity contribution is -0.150. The van der Waals surface area contributed by atoms with Crippen molar-refractivity contribution in [3.63, 3.8) is 0 Å². The van der Waals surface area contributed by atoms with Crippen LogP contribution in [0.2, 0.25) is 10.0 Å². The van der Waals surface area contributed by atoms with Gasteiger partial charge in [0.25, 0.3) is 5.91 Å². The third-order valence-electron chi connectivity index (χ3n) is 8.21. The fraction of sp³-hybridized carbons (Fsp3) is 0.441. The molecule has 246 valence electrons. The summed E-state index contributed by atoms with van der Waals surface area (Å²) < 4.78 is 43.0. The summed E-state index contributed by atoms with van der Waals surface area (Å²) >= 11 is 12.9. The largest absolute Gasteiger partial charge is 0.489 e. The zero-order chi connectivity index (χ0) is 32.8. The number of pyridine rings is 1. The summed E-state index contributed by atoms with van der Waals surface area (Å²) in [6.07, 6.45) is 6.11. The number of ether oxygens (including phenoxy) is 3. The van der Waals surface area contributed by atoms with Crippen LogP contribution in [0.1, 0.15) is 65.3 Å². The monoisotopic (exact) mass is 675 g/mol. The molecule has 8 nitrogen and oxygen atoms in total. The quantitative estimate of drug-likeness (QED) is 0.165. The first-order valence-electron chi connectivity index (χ1n) is 15.3. The predicted molar refractivity (Wildman–Crippen MR) is 171 cm³/mol. The van der Waals surface area contributed by atoms with Gasteiger partial charge in [0.1, 0.15) is 6.10 Å². The molecule has 0 N–H and O–H groups in total. The van der Waals surface area contributed by atoms with E-state index in [0.717, 1.165) is 37.8 Å². The molecule has 12 heteroatoms. The molecule has 46 heavy (non-hydrogen) atoms. The predicted octanol–water partition coefficient (Wildman–Crippen LogP) is 7.36. The highest BCUT2D eigenvalue weighted by Crippen LogP contribution is 2.38. The molecule has 1 aliphatic heterocycles. The van der Waals surface area contributed by atoms with Crippen LogP contribution in [0.5, 0.6) is 11.5 Å². The molecular weight excluding hydrogens is 639 g/mol. The van der Waals surface area contributed by atoms with E-state index in [4.69, 9.17) is 37.4 Å². The number of benzene rings is 2. The highest BCUT2D eigenvalue weighted by atomic mass is 35.5. The molecule has 2 heterocycles. The van der Waals surface area contributed by atoms with Gasteiger partial charge in [0.2, 0.25) is 0 Å². The molecule has 1 saturated carbocycles. The van der Waals surface area contributed by atoms with Crippen LogP contribution in [-0.2, 0) is 22.5 Å². The second-order valence-electron chi connectivity index (χ2n) is 12.0. The fourth-order valence-corrected chi connectivity index (χ4v) is 6.12. The number of hydrogen-bond donors (Lipinski definition) is 0. The normalized spacial score (nSPS) is 17.2. The summed E-state index contributed by atoms with van der Waals surface area (Å²) in [6.45, 7) is -1.25. The van der Waals surface area contributed by atoms with E-state index >= 15 is 0 Å². The molecule has 2 fully saturated rings. The number of nitrogens with zero attached hydrogens (tertiary/aromatic N) is 3. The van der Waals surface area contributed by atoms with Crippen molar-refractivity contribution in [1.82, 2.24) is 14.8 Å². The van der Waals surface area contributed by atoms with Gasteiger partial charge in [-0.25, -0.2) is 0 Å². The summed E-state index contributed by atoms with van der Waals surface area (Å²) in [5, 5.41) is 0.627. The van der Waals surface area contributed by atoms with Crippen LogP contribution in [0, 0.1) is 5.92 Å². The molecule has 2 atom stereocenters. The molecule has 5 rings (SSSR count). The zero-order valence-corrected chi connectivity index (χ0v) is 27.3. The van der Waals surface area contributed by atoms with Crippen LogP contribution in [0.3, 0.4) is 0 Å². The van der Waals surface area contributed by atoms with E-state index in [1.807, 2.05) is 18.2 Å². The Morgan fingerprint density at radius 2 is 1.80 bits per heavy atom. The lowest BCUT2D eigenvalue weighted by atomic mass is 10.0. The third kappa shape index (κ3) is 9.08. The number of alkyl halides is 2. The standard InChI is InChI=1S/C34H37Cl2F2N3O5/c1-40(2)33(43)24-6-3-5-22(13-24)19-41-12-4-7-25(41)15-32(42)45-30(16-26-27(35)17-39-18-28(26)36)23-10-11-29(46-34(37)38)31(14-23)44-20-21-8-9-21/h3,5-6,10-11,13-14,17-18,21,25,30,34H,4,7-9,12,15-16,19-20H2,1-2H3/t25-,30-/m0/s1. The van der Waals surface area contributed by atoms with Crippen LogP contribution in [0.25, 0.3) is 0 Å². The van der Waals surface area contributed by atoms with Crippen LogP contribution in [-0.4, -0.2) is 66.6 Å². The van der Waals surface area contributed by atoms with Crippen molar-refractivity contribution < 1.29 is 32.6 Å². The van der Waals surface area contributed by atoms with Gasteiger partial charge in [0.15, 0.2) is 11.5 Å². The van der Waals surface area contributed by atoms with Crippen LogP contribution >= 0.6 is 23.2 Å². The summed E-state index contributed by atoms with van der Waals surface area (Å²) in [4.78, 5) is 33.8. The van der Waals surface area contributed by atoms with Crippen molar-refractivity contribution in [1.29, 1.82) is 0 Å². The van der Waals surface area contributed by atoms with Gasteiger partial charge in [-0.05, 0) is 79.1 Å². The van der Waals surface area contributed by atoms with Crippen molar-refractivity contribution in [2.24, 2.45) is 5.92 Å². The van der Waals surface area contributed by atoms with Gasteiger partial charge in [-0.3, -0.25) is 19.5 Å². The number of halogens is 4. The average molecular weight is 677 g/mol. The van der Waals surface area contributed by atoms with E-state index in [0.29, 0.717) is 45.8 Å². The second kappa shape index (κ2) is 15.4. The lowest BCUT2D eigenvalue weighted by Gasteiger charge is -2.26. The molecule has 1 amide bonds. The van der Waals surface area contributed by atoms with E-state index in [9.17, 15) is 18.4 Å². The van der Waals surface area contributed by atoms with Crippen molar-refractivity contribution in [3.05, 3.63) is 87.2 Å². The maximum absolute atomic E-state index is 13.5. The maximum atomic E-state index is 13.5. The van der Waals surface area contributed by atoms with Gasteiger partial charge < -0.3 is 19.1 Å². The molecule has 1 aliphatic carbocycles.